The molecule has 0 aliphatic heterocycles. The van der Waals surface area contributed by atoms with Crippen LogP contribution in [0.1, 0.15) is 44.3 Å². The van der Waals surface area contributed by atoms with Gasteiger partial charge in [0.1, 0.15) is 5.82 Å². The molecule has 1 aromatic carbocycles. The van der Waals surface area contributed by atoms with Crippen molar-refractivity contribution in [1.82, 2.24) is 44.3 Å². The molecule has 6 aromatic rings. The number of aliphatic carboxylic acids is 1. The molecule has 0 saturated heterocycles. The number of para-hydroxylation sites is 1. The van der Waals surface area contributed by atoms with Gasteiger partial charge in [-0.05, 0) is 34.8 Å². The number of imidazole rings is 1. The van der Waals surface area contributed by atoms with E-state index >= 15 is 0 Å². The molecule has 0 aliphatic rings. The molecule has 0 fully saturated rings. The van der Waals surface area contributed by atoms with Crippen LogP contribution in [0.4, 0.5) is 13.2 Å². The number of nitrogens with one attached hydrogen (secondary N) is 2. The predicted octanol–water partition coefficient (Wildman–Crippen LogP) is 5.06. The third-order valence-electron chi connectivity index (χ3n) is 6.60. The van der Waals surface area contributed by atoms with Gasteiger partial charge in [-0.1, -0.05) is 43.1 Å². The number of unbranched alkanes of at least 4 members (excludes halogenated alkanes) is 2. The summed E-state index contributed by atoms with van der Waals surface area (Å²) in [5.41, 5.74) is 2.75. The van der Waals surface area contributed by atoms with E-state index < -0.39 is 12.1 Å². The summed E-state index contributed by atoms with van der Waals surface area (Å²) >= 11 is 3.36. The number of aromatic amines is 2. The number of alkyl halides is 3. The molecule has 0 aliphatic carbocycles. The zero-order chi connectivity index (χ0) is 30.7. The Morgan fingerprint density at radius 1 is 1.12 bits per heavy atom. The van der Waals surface area contributed by atoms with E-state index in [0.29, 0.717) is 65.0 Å². The van der Waals surface area contributed by atoms with Gasteiger partial charge in [-0.15, -0.1) is 10.2 Å². The van der Waals surface area contributed by atoms with Crippen LogP contribution < -0.4 is 5.56 Å². The number of carboxylic acids is 1. The first kappa shape index (κ1) is 29.9. The van der Waals surface area contributed by atoms with E-state index in [1.165, 1.54) is 0 Å². The average molecular weight is 664 g/mol. The van der Waals surface area contributed by atoms with Gasteiger partial charge in [0.25, 0.3) is 5.56 Å². The van der Waals surface area contributed by atoms with Gasteiger partial charge in [-0.2, -0.15) is 18.2 Å². The molecule has 226 valence electrons. The molecule has 13 nitrogen and oxygen atoms in total. The maximum atomic E-state index is 13.3. The minimum absolute atomic E-state index is 0.204. The zero-order valence-electron chi connectivity index (χ0n) is 22.7. The van der Waals surface area contributed by atoms with E-state index in [-0.39, 0.29) is 5.56 Å². The summed E-state index contributed by atoms with van der Waals surface area (Å²) in [5, 5.41) is 21.0. The fourth-order valence-corrected chi connectivity index (χ4v) is 4.95. The standard InChI is InChI=1S/C24H24BrN9O2.C2HF3O2/c1-2-3-6-12-33-21-19(28-23(25)29-21)22(35)34-17(30-31-24(33)34)10-7-11-18-27-20(32-36-18)15-13-26-16-9-5-4-8-14(15)16;3-2(4,5)1(6)7/h4-5,8-9,13,26H,2-3,6-7,10-12H2,1H3,(H,28,29);(H,6,7). The Morgan fingerprint density at radius 2 is 1.88 bits per heavy atom. The number of aromatic nitrogens is 9. The molecule has 6 rings (SSSR count). The van der Waals surface area contributed by atoms with E-state index in [1.807, 2.05) is 35.0 Å². The number of carbonyl (C=O) groups is 1. The van der Waals surface area contributed by atoms with Crippen LogP contribution in [0.15, 0.2) is 44.5 Å². The van der Waals surface area contributed by atoms with Gasteiger partial charge in [0.05, 0.1) is 0 Å². The van der Waals surface area contributed by atoms with Crippen molar-refractivity contribution in [2.75, 3.05) is 0 Å². The number of benzene rings is 1. The number of nitrogens with zero attached hydrogens (tertiary/aromatic N) is 7. The van der Waals surface area contributed by atoms with Crippen LogP contribution in [0.2, 0.25) is 0 Å². The summed E-state index contributed by atoms with van der Waals surface area (Å²) in [6, 6.07) is 8.00. The van der Waals surface area contributed by atoms with E-state index in [0.717, 1.165) is 35.7 Å². The second-order valence-corrected chi connectivity index (χ2v) is 10.3. The number of fused-ring (bicyclic) bond motifs is 3. The maximum absolute atomic E-state index is 13.3. The van der Waals surface area contributed by atoms with Crippen LogP contribution in [0.5, 0.6) is 0 Å². The van der Waals surface area contributed by atoms with Crippen molar-refractivity contribution in [3.8, 4) is 11.4 Å². The van der Waals surface area contributed by atoms with Crippen LogP contribution in [0, 0.1) is 0 Å². The third-order valence-corrected chi connectivity index (χ3v) is 6.98. The van der Waals surface area contributed by atoms with Gasteiger partial charge in [-0.25, -0.2) is 14.2 Å². The van der Waals surface area contributed by atoms with Crippen molar-refractivity contribution in [1.29, 1.82) is 0 Å². The first-order valence-corrected chi connectivity index (χ1v) is 14.1. The Hall–Kier alpha value is -4.54. The van der Waals surface area contributed by atoms with Crippen molar-refractivity contribution in [2.45, 2.75) is 58.2 Å². The van der Waals surface area contributed by atoms with E-state index in [2.05, 4.69) is 58.1 Å². The molecule has 3 N–H and O–H groups in total. The molecule has 0 spiro atoms. The Balaban J connectivity index is 0.000000472. The van der Waals surface area contributed by atoms with Crippen molar-refractivity contribution in [3.05, 3.63) is 57.3 Å². The fourth-order valence-electron chi connectivity index (χ4n) is 4.58. The monoisotopic (exact) mass is 663 g/mol. The number of aryl methyl sites for hydroxylation is 3. The Bertz CT molecular complexity index is 1950. The van der Waals surface area contributed by atoms with Crippen LogP contribution >= 0.6 is 15.9 Å². The van der Waals surface area contributed by atoms with Crippen LogP contribution in [-0.2, 0) is 24.2 Å². The van der Waals surface area contributed by atoms with Gasteiger partial charge in [0.15, 0.2) is 15.9 Å². The smallest absolute Gasteiger partial charge is 0.475 e. The summed E-state index contributed by atoms with van der Waals surface area (Å²) in [6.07, 6.45) is 1.73. The number of H-pyrrole nitrogens is 2. The molecule has 17 heteroatoms. The SMILES string of the molecule is CCCCCn1c2nc(Br)[nH]c2c(=O)n2c(CCCc3nc(-c4c[nH]c5ccccc45)no3)nnc12.O=C(O)C(F)(F)F. The van der Waals surface area contributed by atoms with Gasteiger partial charge >= 0.3 is 12.1 Å². The Morgan fingerprint density at radius 3 is 2.63 bits per heavy atom. The molecule has 0 unspecified atom stereocenters. The largest absolute Gasteiger partial charge is 0.490 e. The lowest BCUT2D eigenvalue weighted by atomic mass is 10.1. The van der Waals surface area contributed by atoms with Gasteiger partial charge in [0, 0.05) is 42.0 Å². The van der Waals surface area contributed by atoms with Crippen LogP contribution in [0.25, 0.3) is 39.2 Å². The van der Waals surface area contributed by atoms with Gasteiger partial charge < -0.3 is 19.6 Å². The summed E-state index contributed by atoms with van der Waals surface area (Å²) in [6.45, 7) is 2.87. The summed E-state index contributed by atoms with van der Waals surface area (Å²) in [7, 11) is 0. The number of halogens is 4. The van der Waals surface area contributed by atoms with Crippen LogP contribution in [-0.4, -0.2) is 61.5 Å². The third kappa shape index (κ3) is 6.30. The van der Waals surface area contributed by atoms with E-state index in [1.54, 1.807) is 4.40 Å². The Labute approximate surface area is 248 Å². The topological polar surface area (TPSA) is 173 Å². The number of rotatable bonds is 9. The fraction of sp³-hybridized carbons (Fsp3) is 0.346. The number of carboxylic acid groups (broad SMARTS) is 1. The Kier molecular flexibility index (Phi) is 8.61. The molecule has 0 bridgehead atoms. The summed E-state index contributed by atoms with van der Waals surface area (Å²) in [5.74, 6) is -0.550. The maximum Gasteiger partial charge on any atom is 0.490 e. The minimum atomic E-state index is -5.08. The van der Waals surface area contributed by atoms with Gasteiger partial charge in [0.2, 0.25) is 17.5 Å². The normalized spacial score (nSPS) is 11.8. The van der Waals surface area contributed by atoms with E-state index in [9.17, 15) is 18.0 Å². The van der Waals surface area contributed by atoms with Crippen molar-refractivity contribution < 1.29 is 27.6 Å². The van der Waals surface area contributed by atoms with Crippen molar-refractivity contribution in [3.63, 3.8) is 0 Å². The number of hydrogen-bond acceptors (Lipinski definition) is 8. The molecule has 5 heterocycles. The molecular weight excluding hydrogens is 639 g/mol. The second kappa shape index (κ2) is 12.4. The van der Waals surface area contributed by atoms with Crippen molar-refractivity contribution in [2.24, 2.45) is 0 Å². The van der Waals surface area contributed by atoms with Gasteiger partial charge in [-0.3, -0.25) is 9.36 Å². The lowest BCUT2D eigenvalue weighted by Gasteiger charge is -2.09. The zero-order valence-corrected chi connectivity index (χ0v) is 24.2. The highest BCUT2D eigenvalue weighted by Crippen LogP contribution is 2.26. The molecule has 0 atom stereocenters. The molecule has 0 amide bonds. The highest BCUT2D eigenvalue weighted by Gasteiger charge is 2.38. The molecule has 0 saturated carbocycles. The summed E-state index contributed by atoms with van der Waals surface area (Å²) < 4.78 is 41.3. The first-order valence-electron chi connectivity index (χ1n) is 13.3. The van der Waals surface area contributed by atoms with Crippen LogP contribution in [0.3, 0.4) is 0 Å². The molecule has 5 aromatic heterocycles. The lowest BCUT2D eigenvalue weighted by Crippen LogP contribution is -2.21. The molecular formula is C26H25BrF3N9O4. The second-order valence-electron chi connectivity index (χ2n) is 9.56. The molecule has 0 radical (unpaired) electrons. The first-order chi connectivity index (χ1) is 20.6. The highest BCUT2D eigenvalue weighted by atomic mass is 79.9. The predicted molar refractivity (Wildman–Crippen MR) is 151 cm³/mol. The quantitative estimate of drug-likeness (QED) is 0.141. The highest BCUT2D eigenvalue weighted by molar-refractivity contribution is 9.10. The van der Waals surface area contributed by atoms with Crippen molar-refractivity contribution >= 4 is 49.7 Å². The van der Waals surface area contributed by atoms with E-state index in [4.69, 9.17) is 14.4 Å². The molecule has 43 heavy (non-hydrogen) atoms. The minimum Gasteiger partial charge on any atom is -0.475 e. The lowest BCUT2D eigenvalue weighted by molar-refractivity contribution is -0.192. The number of hydrogen-bond donors (Lipinski definition) is 3. The summed E-state index contributed by atoms with van der Waals surface area (Å²) in [4.78, 5) is 37.5. The average Bonchev–Trinajstić information content (AvgIpc) is 3.76.